The highest BCUT2D eigenvalue weighted by atomic mass is 79.9. The number of anilines is 1. The van der Waals surface area contributed by atoms with Gasteiger partial charge in [-0.25, -0.2) is 4.63 Å². The lowest BCUT2D eigenvalue weighted by Crippen LogP contribution is -2.03. The second kappa shape index (κ2) is 5.18. The van der Waals surface area contributed by atoms with Crippen molar-refractivity contribution in [3.8, 4) is 5.75 Å². The lowest BCUT2D eigenvalue weighted by molar-refractivity contribution is 0.301. The van der Waals surface area contributed by atoms with Crippen LogP contribution >= 0.6 is 15.9 Å². The maximum Gasteiger partial charge on any atom is 0.142 e. The van der Waals surface area contributed by atoms with E-state index in [9.17, 15) is 0 Å². The highest BCUT2D eigenvalue weighted by Crippen LogP contribution is 2.28. The first-order valence-electron chi connectivity index (χ1n) is 5.06. The number of halogens is 1. The monoisotopic (exact) mass is 297 g/mol. The van der Waals surface area contributed by atoms with Crippen LogP contribution in [0.5, 0.6) is 5.75 Å². The van der Waals surface area contributed by atoms with Gasteiger partial charge in [0.15, 0.2) is 0 Å². The van der Waals surface area contributed by atoms with Crippen LogP contribution in [0.25, 0.3) is 0 Å². The first-order valence-corrected chi connectivity index (χ1v) is 5.85. The molecule has 90 valence electrons. The van der Waals surface area contributed by atoms with Crippen molar-refractivity contribution in [2.45, 2.75) is 13.5 Å². The van der Waals surface area contributed by atoms with Crippen molar-refractivity contribution in [2.75, 3.05) is 12.4 Å². The topological polar surface area (TPSA) is 60.2 Å². The third-order valence-corrected chi connectivity index (χ3v) is 2.85. The fourth-order valence-electron chi connectivity index (χ4n) is 1.41. The minimum atomic E-state index is 0.544. The molecule has 2 aromatic rings. The normalized spacial score (nSPS) is 10.3. The van der Waals surface area contributed by atoms with E-state index < -0.39 is 0 Å². The summed E-state index contributed by atoms with van der Waals surface area (Å²) in [4.78, 5) is 0. The van der Waals surface area contributed by atoms with Gasteiger partial charge in [-0.15, -0.1) is 0 Å². The Balaban J connectivity index is 2.13. The van der Waals surface area contributed by atoms with E-state index in [1.54, 1.807) is 7.11 Å². The first-order chi connectivity index (χ1) is 8.20. The van der Waals surface area contributed by atoms with E-state index in [0.717, 1.165) is 27.3 Å². The van der Waals surface area contributed by atoms with Crippen LogP contribution in [0.15, 0.2) is 27.3 Å². The van der Waals surface area contributed by atoms with Gasteiger partial charge in [0.2, 0.25) is 0 Å². The van der Waals surface area contributed by atoms with Crippen molar-refractivity contribution >= 4 is 21.6 Å². The summed E-state index contributed by atoms with van der Waals surface area (Å²) >= 11 is 3.42. The molecule has 0 saturated carbocycles. The van der Waals surface area contributed by atoms with Crippen molar-refractivity contribution in [3.63, 3.8) is 0 Å². The quantitative estimate of drug-likeness (QED) is 0.940. The molecule has 1 aromatic carbocycles. The molecule has 6 heteroatoms. The average molecular weight is 298 g/mol. The summed E-state index contributed by atoms with van der Waals surface area (Å²) in [5, 5.41) is 10.8. The first kappa shape index (κ1) is 11.9. The third-order valence-electron chi connectivity index (χ3n) is 2.35. The zero-order valence-electron chi connectivity index (χ0n) is 9.53. The molecule has 1 heterocycles. The number of hydrogen-bond donors (Lipinski definition) is 1. The SMILES string of the molecule is COc1ccc(Br)cc1NCc1nonc1C. The minimum absolute atomic E-state index is 0.544. The Bertz CT molecular complexity index is 513. The molecule has 5 nitrogen and oxygen atoms in total. The second-order valence-electron chi connectivity index (χ2n) is 3.49. The second-order valence-corrected chi connectivity index (χ2v) is 4.41. The molecule has 17 heavy (non-hydrogen) atoms. The van der Waals surface area contributed by atoms with Crippen LogP contribution in [0, 0.1) is 6.92 Å². The molecule has 0 aliphatic rings. The molecular formula is C11H12BrN3O2. The van der Waals surface area contributed by atoms with Crippen molar-refractivity contribution in [2.24, 2.45) is 0 Å². The molecule has 0 aliphatic carbocycles. The molecule has 1 N–H and O–H groups in total. The van der Waals surface area contributed by atoms with E-state index >= 15 is 0 Å². The van der Waals surface area contributed by atoms with Gasteiger partial charge in [0.25, 0.3) is 0 Å². The molecule has 0 unspecified atom stereocenters. The van der Waals surface area contributed by atoms with Crippen LogP contribution in [0.3, 0.4) is 0 Å². The number of aromatic nitrogens is 2. The highest BCUT2D eigenvalue weighted by molar-refractivity contribution is 9.10. The molecule has 0 aliphatic heterocycles. The Hall–Kier alpha value is -1.56. The average Bonchev–Trinajstić information content (AvgIpc) is 2.72. The number of rotatable bonds is 4. The Labute approximate surface area is 107 Å². The number of benzene rings is 1. The number of aryl methyl sites for hydroxylation is 1. The molecule has 0 bridgehead atoms. The Morgan fingerprint density at radius 2 is 2.24 bits per heavy atom. The van der Waals surface area contributed by atoms with Gasteiger partial charge >= 0.3 is 0 Å². The van der Waals surface area contributed by atoms with Crippen molar-refractivity contribution in [1.82, 2.24) is 10.3 Å². The fourth-order valence-corrected chi connectivity index (χ4v) is 1.77. The summed E-state index contributed by atoms with van der Waals surface area (Å²) in [6.45, 7) is 2.40. The smallest absolute Gasteiger partial charge is 0.142 e. The van der Waals surface area contributed by atoms with Gasteiger partial charge in [-0.05, 0) is 25.1 Å². The zero-order chi connectivity index (χ0) is 12.3. The van der Waals surface area contributed by atoms with E-state index in [2.05, 4.69) is 36.2 Å². The van der Waals surface area contributed by atoms with E-state index in [0.29, 0.717) is 6.54 Å². The predicted octanol–water partition coefficient (Wildman–Crippen LogP) is 2.76. The molecule has 0 saturated heterocycles. The van der Waals surface area contributed by atoms with Gasteiger partial charge in [-0.1, -0.05) is 26.2 Å². The molecule has 0 spiro atoms. The van der Waals surface area contributed by atoms with Gasteiger partial charge < -0.3 is 10.1 Å². The van der Waals surface area contributed by atoms with Crippen LogP contribution in [0.2, 0.25) is 0 Å². The highest BCUT2D eigenvalue weighted by Gasteiger charge is 2.07. The number of ether oxygens (including phenoxy) is 1. The van der Waals surface area contributed by atoms with Gasteiger partial charge in [-0.3, -0.25) is 0 Å². The van der Waals surface area contributed by atoms with Crippen molar-refractivity contribution in [3.05, 3.63) is 34.1 Å². The summed E-state index contributed by atoms with van der Waals surface area (Å²) in [7, 11) is 1.64. The molecule has 0 amide bonds. The molecule has 0 atom stereocenters. The summed E-state index contributed by atoms with van der Waals surface area (Å²) < 4.78 is 10.9. The van der Waals surface area contributed by atoms with E-state index in [1.807, 2.05) is 25.1 Å². The molecule has 2 rings (SSSR count). The van der Waals surface area contributed by atoms with Crippen LogP contribution in [0.4, 0.5) is 5.69 Å². The van der Waals surface area contributed by atoms with E-state index in [1.165, 1.54) is 0 Å². The summed E-state index contributed by atoms with van der Waals surface area (Å²) in [5.74, 6) is 0.780. The minimum Gasteiger partial charge on any atom is -0.495 e. The Morgan fingerprint density at radius 1 is 1.41 bits per heavy atom. The van der Waals surface area contributed by atoms with E-state index in [-0.39, 0.29) is 0 Å². The molecular weight excluding hydrogens is 286 g/mol. The van der Waals surface area contributed by atoms with Gasteiger partial charge in [0, 0.05) is 4.47 Å². The largest absolute Gasteiger partial charge is 0.495 e. The van der Waals surface area contributed by atoms with Gasteiger partial charge in [-0.2, -0.15) is 0 Å². The Kier molecular flexibility index (Phi) is 3.63. The molecule has 1 aromatic heterocycles. The maximum absolute atomic E-state index is 5.26. The number of nitrogens with one attached hydrogen (secondary N) is 1. The van der Waals surface area contributed by atoms with Crippen LogP contribution in [-0.4, -0.2) is 17.4 Å². The lowest BCUT2D eigenvalue weighted by Gasteiger charge is -2.10. The van der Waals surface area contributed by atoms with Crippen molar-refractivity contribution < 1.29 is 9.37 Å². The molecule has 0 fully saturated rings. The predicted molar refractivity (Wildman–Crippen MR) is 67.1 cm³/mol. The number of nitrogens with zero attached hydrogens (tertiary/aromatic N) is 2. The van der Waals surface area contributed by atoms with Gasteiger partial charge in [0.05, 0.1) is 19.3 Å². The number of hydrogen-bond acceptors (Lipinski definition) is 5. The third kappa shape index (κ3) is 2.76. The van der Waals surface area contributed by atoms with Crippen LogP contribution < -0.4 is 10.1 Å². The maximum atomic E-state index is 5.26. The zero-order valence-corrected chi connectivity index (χ0v) is 11.1. The summed E-state index contributed by atoms with van der Waals surface area (Å²) in [6, 6.07) is 5.76. The fraction of sp³-hybridized carbons (Fsp3) is 0.273. The standard InChI is InChI=1S/C11H12BrN3O2/c1-7-10(15-17-14-7)6-13-9-5-8(12)3-4-11(9)16-2/h3-5,13H,6H2,1-2H3. The number of methoxy groups -OCH3 is 1. The molecule has 0 radical (unpaired) electrons. The van der Waals surface area contributed by atoms with Crippen molar-refractivity contribution in [1.29, 1.82) is 0 Å². The Morgan fingerprint density at radius 3 is 2.88 bits per heavy atom. The summed E-state index contributed by atoms with van der Waals surface area (Å²) in [6.07, 6.45) is 0. The van der Waals surface area contributed by atoms with E-state index in [4.69, 9.17) is 4.74 Å². The van der Waals surface area contributed by atoms with Crippen LogP contribution in [0.1, 0.15) is 11.4 Å². The van der Waals surface area contributed by atoms with Gasteiger partial charge in [0.1, 0.15) is 17.1 Å². The lowest BCUT2D eigenvalue weighted by atomic mass is 10.2. The summed E-state index contributed by atoms with van der Waals surface area (Å²) in [5.41, 5.74) is 2.46. The van der Waals surface area contributed by atoms with Crippen LogP contribution in [-0.2, 0) is 6.54 Å².